The van der Waals surface area contributed by atoms with Crippen molar-refractivity contribution in [2.45, 2.75) is 85.6 Å². The Morgan fingerprint density at radius 1 is 1.36 bits per heavy atom. The molecule has 9 heteroatoms. The van der Waals surface area contributed by atoms with Crippen molar-refractivity contribution in [3.8, 4) is 0 Å². The zero-order chi connectivity index (χ0) is 28.7. The van der Waals surface area contributed by atoms with E-state index in [1.165, 1.54) is 17.3 Å². The van der Waals surface area contributed by atoms with Crippen LogP contribution in [-0.2, 0) is 4.79 Å². The van der Waals surface area contributed by atoms with Crippen LogP contribution in [0.1, 0.15) is 95.9 Å². The lowest BCUT2D eigenvalue weighted by atomic mass is 9.79. The normalized spacial score (nSPS) is 19.9. The van der Waals surface area contributed by atoms with Gasteiger partial charge in [-0.1, -0.05) is 41.2 Å². The molecule has 0 radical (unpaired) electrons. The predicted octanol–water partition coefficient (Wildman–Crippen LogP) is 4.85. The molecule has 2 unspecified atom stereocenters. The summed E-state index contributed by atoms with van der Waals surface area (Å²) in [6.07, 6.45) is 3.02. The van der Waals surface area contributed by atoms with Crippen LogP contribution in [0.25, 0.3) is 0 Å². The number of nitrogens with zero attached hydrogens (tertiary/aromatic N) is 6. The number of aliphatic hydroxyl groups excluding tert-OH is 1. The number of nitrogens with one attached hydrogen (secondary N) is 1. The average Bonchev–Trinajstić information content (AvgIpc) is 3.42. The Labute approximate surface area is 232 Å². The maximum absolute atomic E-state index is 11.6. The first-order valence-corrected chi connectivity index (χ1v) is 13.9. The lowest BCUT2D eigenvalue weighted by Crippen LogP contribution is -2.49. The Morgan fingerprint density at radius 2 is 2.08 bits per heavy atom. The minimum absolute atomic E-state index is 0.00755. The van der Waals surface area contributed by atoms with Gasteiger partial charge in [-0.3, -0.25) is 4.79 Å². The second-order valence-electron chi connectivity index (χ2n) is 12.5. The van der Waals surface area contributed by atoms with Crippen molar-refractivity contribution in [2.75, 3.05) is 24.6 Å². The Hall–Kier alpha value is -3.33. The van der Waals surface area contributed by atoms with Gasteiger partial charge in [0.1, 0.15) is 5.71 Å². The number of amides is 1. The molecule has 2 aliphatic heterocycles. The second kappa shape index (κ2) is 10.7. The molecule has 0 spiro atoms. The summed E-state index contributed by atoms with van der Waals surface area (Å²) in [5.74, 6) is 1.28. The van der Waals surface area contributed by atoms with Gasteiger partial charge in [0.25, 0.3) is 0 Å². The fraction of sp³-hybridized carbons (Fsp3) is 0.567. The number of hydrogen-bond donors (Lipinski definition) is 2. The van der Waals surface area contributed by atoms with E-state index in [2.05, 4.69) is 82.5 Å². The molecule has 0 saturated heterocycles. The smallest absolute Gasteiger partial charge is 0.243 e. The fourth-order valence-corrected chi connectivity index (χ4v) is 5.53. The van der Waals surface area contributed by atoms with Gasteiger partial charge in [0.15, 0.2) is 5.82 Å². The highest BCUT2D eigenvalue weighted by Gasteiger charge is 2.38. The Kier molecular flexibility index (Phi) is 7.85. The van der Waals surface area contributed by atoms with Crippen LogP contribution in [0, 0.1) is 12.3 Å². The number of rotatable bonds is 8. The third kappa shape index (κ3) is 5.69. The van der Waals surface area contributed by atoms with Crippen molar-refractivity contribution in [3.63, 3.8) is 0 Å². The zero-order valence-electron chi connectivity index (χ0n) is 24.7. The molecule has 0 aliphatic carbocycles. The Morgan fingerprint density at radius 3 is 2.72 bits per heavy atom. The van der Waals surface area contributed by atoms with Crippen molar-refractivity contribution in [2.24, 2.45) is 15.5 Å². The van der Waals surface area contributed by atoms with Crippen LogP contribution in [0.2, 0.25) is 0 Å². The van der Waals surface area contributed by atoms with Crippen LogP contribution in [0.15, 0.2) is 34.9 Å². The first kappa shape index (κ1) is 28.7. The van der Waals surface area contributed by atoms with Crippen LogP contribution in [0.3, 0.4) is 0 Å². The van der Waals surface area contributed by atoms with Crippen LogP contribution >= 0.6 is 0 Å². The maximum atomic E-state index is 11.6. The van der Waals surface area contributed by atoms with Gasteiger partial charge in [0.05, 0.1) is 11.4 Å². The lowest BCUT2D eigenvalue weighted by molar-refractivity contribution is -0.116. The Bertz CT molecular complexity index is 1330. The topological polar surface area (TPSA) is 108 Å². The van der Waals surface area contributed by atoms with Crippen molar-refractivity contribution >= 4 is 28.7 Å². The molecule has 210 valence electrons. The summed E-state index contributed by atoms with van der Waals surface area (Å²) in [7, 11) is 0. The van der Waals surface area contributed by atoms with Gasteiger partial charge in [-0.25, -0.2) is 9.98 Å². The molecule has 2 N–H and O–H groups in total. The number of carbonyl (C=O) groups excluding carboxylic acids is 1. The van der Waals surface area contributed by atoms with E-state index < -0.39 is 0 Å². The summed E-state index contributed by atoms with van der Waals surface area (Å²) in [6.45, 7) is 22.2. The minimum Gasteiger partial charge on any atom is -0.396 e. The van der Waals surface area contributed by atoms with E-state index in [9.17, 15) is 9.90 Å². The van der Waals surface area contributed by atoms with Crippen LogP contribution in [0.5, 0.6) is 0 Å². The summed E-state index contributed by atoms with van der Waals surface area (Å²) < 4.78 is 0. The third-order valence-corrected chi connectivity index (χ3v) is 7.63. The largest absolute Gasteiger partial charge is 0.396 e. The third-order valence-electron chi connectivity index (χ3n) is 7.63. The molecule has 0 bridgehead atoms. The molecule has 3 heterocycles. The molecule has 0 saturated carbocycles. The van der Waals surface area contributed by atoms with Gasteiger partial charge >= 0.3 is 0 Å². The molecule has 1 aromatic heterocycles. The van der Waals surface area contributed by atoms with E-state index in [0.717, 1.165) is 42.1 Å². The van der Waals surface area contributed by atoms with Crippen molar-refractivity contribution in [1.29, 1.82) is 0 Å². The highest BCUT2D eigenvalue weighted by molar-refractivity contribution is 6.50. The number of benzene rings is 1. The number of aliphatic hydroxyl groups is 1. The van der Waals surface area contributed by atoms with Crippen LogP contribution in [0.4, 0.5) is 11.4 Å². The summed E-state index contributed by atoms with van der Waals surface area (Å²) in [4.78, 5) is 25.7. The molecule has 0 fully saturated rings. The summed E-state index contributed by atoms with van der Waals surface area (Å²) >= 11 is 0. The minimum atomic E-state index is -0.258. The van der Waals surface area contributed by atoms with Gasteiger partial charge in [-0.2, -0.15) is 5.10 Å². The number of aromatic nitrogens is 3. The van der Waals surface area contributed by atoms with Crippen LogP contribution in [-0.4, -0.2) is 62.5 Å². The molecule has 2 aromatic rings. The number of hydrogen-bond acceptors (Lipinski definition) is 7. The molecule has 39 heavy (non-hydrogen) atoms. The zero-order valence-corrected chi connectivity index (χ0v) is 24.7. The molecule has 2 aliphatic rings. The van der Waals surface area contributed by atoms with Gasteiger partial charge in [0, 0.05) is 42.3 Å². The van der Waals surface area contributed by atoms with Crippen molar-refractivity contribution < 1.29 is 9.90 Å². The standard InChI is InChI=1S/C30H43N7O2/c1-10-24(39)31-17-20(4)27-33-28-25(26(29(5,6)7)34-37(28)35-27)32-22-15-21-19(3)16-30(8,9)36(12-11-13-38)23(21)14-18(22)2/h10,14-15,19-20,38H,1,11-13,16-17H2,2-9H3,(H,31,39). The fourth-order valence-electron chi connectivity index (χ4n) is 5.53. The van der Waals surface area contributed by atoms with Gasteiger partial charge in [-0.05, 0) is 68.9 Å². The highest BCUT2D eigenvalue weighted by atomic mass is 16.3. The SMILES string of the molecule is C=CC(=O)NCC(C)c1nc2n(n1)N=C(C(C)(C)C)C2=Nc1cc2c(cc1C)N(CCCO)C(C)(C)CC2C. The quantitative estimate of drug-likeness (QED) is 0.472. The molecule has 9 nitrogen and oxygen atoms in total. The summed E-state index contributed by atoms with van der Waals surface area (Å²) in [6, 6.07) is 4.46. The average molecular weight is 534 g/mol. The van der Waals surface area contributed by atoms with Crippen LogP contribution < -0.4 is 10.2 Å². The van der Waals surface area contributed by atoms with Gasteiger partial charge in [-0.15, -0.1) is 9.89 Å². The highest BCUT2D eigenvalue weighted by Crippen LogP contribution is 2.46. The van der Waals surface area contributed by atoms with Gasteiger partial charge in [0.2, 0.25) is 11.7 Å². The lowest BCUT2D eigenvalue weighted by Gasteiger charge is -2.48. The summed E-state index contributed by atoms with van der Waals surface area (Å²) in [5, 5.41) is 21.8. The molecular weight excluding hydrogens is 490 g/mol. The Balaban J connectivity index is 1.76. The molecule has 2 atom stereocenters. The van der Waals surface area contributed by atoms with E-state index in [4.69, 9.17) is 15.1 Å². The first-order valence-electron chi connectivity index (χ1n) is 13.9. The number of fused-ring (bicyclic) bond motifs is 2. The molecular formula is C30H43N7O2. The van der Waals surface area contributed by atoms with Crippen molar-refractivity contribution in [1.82, 2.24) is 20.2 Å². The predicted molar refractivity (Wildman–Crippen MR) is 157 cm³/mol. The molecule has 4 rings (SSSR count). The number of carbonyl (C=O) groups is 1. The monoisotopic (exact) mass is 533 g/mol. The van der Waals surface area contributed by atoms with E-state index in [1.54, 1.807) is 4.79 Å². The van der Waals surface area contributed by atoms with E-state index in [0.29, 0.717) is 24.1 Å². The molecule has 1 amide bonds. The van der Waals surface area contributed by atoms with E-state index in [-0.39, 0.29) is 29.4 Å². The number of anilines is 1. The van der Waals surface area contributed by atoms with Gasteiger partial charge < -0.3 is 15.3 Å². The number of aliphatic imine (C=N–C) groups is 1. The van der Waals surface area contributed by atoms with Crippen molar-refractivity contribution in [3.05, 3.63) is 47.6 Å². The second-order valence-corrected chi connectivity index (χ2v) is 12.5. The number of aryl methyl sites for hydroxylation is 1. The van der Waals surface area contributed by atoms with E-state index >= 15 is 0 Å². The first-order chi connectivity index (χ1) is 18.3. The maximum Gasteiger partial charge on any atom is 0.243 e. The summed E-state index contributed by atoms with van der Waals surface area (Å²) in [5.41, 5.74) is 5.80. The van der Waals surface area contributed by atoms with E-state index in [1.807, 2.05) is 6.92 Å². The molecule has 1 aromatic carbocycles.